The summed E-state index contributed by atoms with van der Waals surface area (Å²) in [4.78, 5) is 2.32. The van der Waals surface area contributed by atoms with Crippen molar-refractivity contribution < 1.29 is 4.52 Å². The van der Waals surface area contributed by atoms with Crippen LogP contribution in [0.2, 0.25) is 0 Å². The van der Waals surface area contributed by atoms with E-state index in [0.29, 0.717) is 0 Å². The molecule has 0 radical (unpaired) electrons. The van der Waals surface area contributed by atoms with Crippen molar-refractivity contribution in [1.29, 1.82) is 0 Å². The molecule has 0 fully saturated rings. The van der Waals surface area contributed by atoms with Gasteiger partial charge in [-0.05, 0) is 79.0 Å². The fraction of sp³-hybridized carbons (Fsp3) is 0.318. The second-order valence-corrected chi connectivity index (χ2v) is 8.01. The lowest BCUT2D eigenvalue weighted by atomic mass is 10.0. The summed E-state index contributed by atoms with van der Waals surface area (Å²) < 4.78 is 6.39. The van der Waals surface area contributed by atoms with Crippen LogP contribution in [0.25, 0.3) is 11.1 Å². The van der Waals surface area contributed by atoms with Crippen molar-refractivity contribution >= 4 is 33.0 Å². The molecular weight excluding hydrogens is 430 g/mol. The van der Waals surface area contributed by atoms with E-state index in [1.54, 1.807) is 0 Å². The predicted molar refractivity (Wildman–Crippen MR) is 120 cm³/mol. The van der Waals surface area contributed by atoms with E-state index in [-0.39, 0.29) is 0 Å². The van der Waals surface area contributed by atoms with Crippen LogP contribution in [-0.2, 0) is 0 Å². The van der Waals surface area contributed by atoms with Gasteiger partial charge in [0.15, 0.2) is 0 Å². The molecular formula is C22H24BrN5O. The quantitative estimate of drug-likeness (QED) is 0.449. The highest BCUT2D eigenvalue weighted by molar-refractivity contribution is 9.10. The summed E-state index contributed by atoms with van der Waals surface area (Å²) in [5, 5.41) is 14.3. The monoisotopic (exact) mass is 453 g/mol. The molecule has 7 heteroatoms. The molecule has 0 unspecified atom stereocenters. The van der Waals surface area contributed by atoms with E-state index >= 15 is 0 Å². The van der Waals surface area contributed by atoms with Gasteiger partial charge in [-0.3, -0.25) is 0 Å². The summed E-state index contributed by atoms with van der Waals surface area (Å²) >= 11 is 3.72. The van der Waals surface area contributed by atoms with Crippen LogP contribution in [0, 0.1) is 20.8 Å². The molecule has 0 bridgehead atoms. The predicted octanol–water partition coefficient (Wildman–Crippen LogP) is 6.37. The largest absolute Gasteiger partial charge is 0.361 e. The summed E-state index contributed by atoms with van der Waals surface area (Å²) in [7, 11) is 0. The molecule has 0 amide bonds. The van der Waals surface area contributed by atoms with Gasteiger partial charge in [0.25, 0.3) is 0 Å². The number of hydrogen-bond donors (Lipinski definition) is 0. The first-order valence-corrected chi connectivity index (χ1v) is 10.5. The van der Waals surface area contributed by atoms with Crippen molar-refractivity contribution in [3.05, 3.63) is 57.9 Å². The molecule has 2 heterocycles. The zero-order valence-electron chi connectivity index (χ0n) is 17.1. The molecule has 0 aliphatic carbocycles. The van der Waals surface area contributed by atoms with Crippen LogP contribution in [0.4, 0.5) is 17.1 Å². The van der Waals surface area contributed by atoms with E-state index in [0.717, 1.165) is 58.1 Å². The molecule has 1 aromatic heterocycles. The number of halogens is 1. The Morgan fingerprint density at radius 2 is 1.97 bits per heavy atom. The highest BCUT2D eigenvalue weighted by atomic mass is 79.9. The van der Waals surface area contributed by atoms with Gasteiger partial charge < -0.3 is 9.42 Å². The van der Waals surface area contributed by atoms with Crippen molar-refractivity contribution in [2.75, 3.05) is 29.5 Å². The Bertz CT molecular complexity index is 1060. The smallest absolute Gasteiger partial charge is 0.141 e. The summed E-state index contributed by atoms with van der Waals surface area (Å²) in [5.74, 6) is 0.840. The summed E-state index contributed by atoms with van der Waals surface area (Å²) in [6.45, 7) is 10.6. The normalized spacial score (nSPS) is 13.3. The molecule has 0 saturated heterocycles. The molecule has 1 aliphatic heterocycles. The fourth-order valence-electron chi connectivity index (χ4n) is 3.79. The van der Waals surface area contributed by atoms with Gasteiger partial charge in [-0.25, -0.2) is 5.01 Å². The first kappa shape index (κ1) is 19.6. The van der Waals surface area contributed by atoms with E-state index in [2.05, 4.69) is 86.6 Å². The van der Waals surface area contributed by atoms with Gasteiger partial charge in [-0.15, -0.1) is 0 Å². The van der Waals surface area contributed by atoms with Crippen molar-refractivity contribution in [3.63, 3.8) is 0 Å². The topological polar surface area (TPSA) is 57.2 Å². The Kier molecular flexibility index (Phi) is 5.41. The van der Waals surface area contributed by atoms with Gasteiger partial charge in [-0.2, -0.15) is 5.11 Å². The van der Waals surface area contributed by atoms with Crippen molar-refractivity contribution in [2.45, 2.75) is 27.7 Å². The number of hydrogen-bond acceptors (Lipinski definition) is 6. The molecule has 0 spiro atoms. The van der Waals surface area contributed by atoms with E-state index in [4.69, 9.17) is 4.52 Å². The minimum Gasteiger partial charge on any atom is -0.361 e. The van der Waals surface area contributed by atoms with Crippen LogP contribution >= 0.6 is 15.9 Å². The molecule has 0 atom stereocenters. The summed E-state index contributed by atoms with van der Waals surface area (Å²) in [6, 6.07) is 12.9. The van der Waals surface area contributed by atoms with E-state index in [1.165, 1.54) is 11.3 Å². The molecule has 0 N–H and O–H groups in total. The van der Waals surface area contributed by atoms with Crippen molar-refractivity contribution in [3.8, 4) is 11.1 Å². The third-order valence-electron chi connectivity index (χ3n) is 5.24. The molecule has 6 nitrogen and oxygen atoms in total. The second kappa shape index (κ2) is 7.99. The maximum Gasteiger partial charge on any atom is 0.141 e. The Morgan fingerprint density at radius 3 is 2.59 bits per heavy atom. The maximum atomic E-state index is 5.38. The van der Waals surface area contributed by atoms with Gasteiger partial charge in [-0.1, -0.05) is 22.5 Å². The standard InChI is InChI=1S/C22H24BrN5O/c1-5-27(18-8-9-20(19(23)13-18)28-11-10-24-26-28)21-12-17(7-6-14(21)2)22-15(3)25-29-16(22)4/h6-9,12-13H,5,10-11H2,1-4H3. The maximum absolute atomic E-state index is 5.38. The molecule has 4 rings (SSSR count). The van der Waals surface area contributed by atoms with E-state index in [1.807, 2.05) is 18.9 Å². The Hall–Kier alpha value is -2.67. The minimum atomic E-state index is 0.739. The lowest BCUT2D eigenvalue weighted by Gasteiger charge is -2.27. The van der Waals surface area contributed by atoms with Crippen LogP contribution in [0.1, 0.15) is 23.9 Å². The Labute approximate surface area is 179 Å². The Morgan fingerprint density at radius 1 is 1.14 bits per heavy atom. The highest BCUT2D eigenvalue weighted by Crippen LogP contribution is 2.38. The number of rotatable bonds is 5. The lowest BCUT2D eigenvalue weighted by Crippen LogP contribution is -2.18. The molecule has 29 heavy (non-hydrogen) atoms. The first-order valence-electron chi connectivity index (χ1n) is 9.75. The van der Waals surface area contributed by atoms with Gasteiger partial charge in [0.05, 0.1) is 24.5 Å². The Balaban J connectivity index is 1.74. The number of anilines is 3. The molecule has 150 valence electrons. The van der Waals surface area contributed by atoms with Crippen LogP contribution in [0.15, 0.2) is 55.7 Å². The van der Waals surface area contributed by atoms with Crippen LogP contribution in [0.5, 0.6) is 0 Å². The number of aromatic nitrogens is 1. The van der Waals surface area contributed by atoms with Crippen molar-refractivity contribution in [2.24, 2.45) is 10.3 Å². The minimum absolute atomic E-state index is 0.739. The van der Waals surface area contributed by atoms with Gasteiger partial charge in [0.1, 0.15) is 5.76 Å². The molecule has 0 saturated carbocycles. The summed E-state index contributed by atoms with van der Waals surface area (Å²) in [6.07, 6.45) is 0. The number of aryl methyl sites for hydroxylation is 3. The molecule has 2 aromatic carbocycles. The lowest BCUT2D eigenvalue weighted by molar-refractivity contribution is 0.393. The molecule has 3 aromatic rings. The second-order valence-electron chi connectivity index (χ2n) is 7.16. The highest BCUT2D eigenvalue weighted by Gasteiger charge is 2.18. The van der Waals surface area contributed by atoms with Crippen molar-refractivity contribution in [1.82, 2.24) is 5.16 Å². The van der Waals surface area contributed by atoms with Crippen LogP contribution in [-0.4, -0.2) is 24.8 Å². The fourth-order valence-corrected chi connectivity index (χ4v) is 4.36. The third-order valence-corrected chi connectivity index (χ3v) is 5.88. The summed E-state index contributed by atoms with van der Waals surface area (Å²) in [5.41, 5.74) is 7.64. The van der Waals surface area contributed by atoms with Crippen LogP contribution < -0.4 is 9.91 Å². The number of benzene rings is 2. The van der Waals surface area contributed by atoms with E-state index in [9.17, 15) is 0 Å². The van der Waals surface area contributed by atoms with Gasteiger partial charge in [0, 0.05) is 28.0 Å². The van der Waals surface area contributed by atoms with Gasteiger partial charge in [0.2, 0.25) is 0 Å². The molecule has 1 aliphatic rings. The zero-order valence-corrected chi connectivity index (χ0v) is 18.7. The SMILES string of the molecule is CCN(c1ccc(N2CCN=N2)c(Br)c1)c1cc(-c2c(C)noc2C)ccc1C. The third kappa shape index (κ3) is 3.67. The zero-order chi connectivity index (χ0) is 20.5. The van der Waals surface area contributed by atoms with Gasteiger partial charge >= 0.3 is 0 Å². The van der Waals surface area contributed by atoms with E-state index < -0.39 is 0 Å². The first-order chi connectivity index (χ1) is 14.0. The average molecular weight is 454 g/mol. The van der Waals surface area contributed by atoms with Crippen LogP contribution in [0.3, 0.4) is 0 Å². The average Bonchev–Trinajstić information content (AvgIpc) is 3.34. The number of nitrogens with zero attached hydrogens (tertiary/aromatic N) is 5.